The second-order valence-corrected chi connectivity index (χ2v) is 4.96. The Bertz CT molecular complexity index is 466. The summed E-state index contributed by atoms with van der Waals surface area (Å²) in [5.41, 5.74) is 0.932. The van der Waals surface area contributed by atoms with Crippen molar-refractivity contribution in [2.24, 2.45) is 5.92 Å². The van der Waals surface area contributed by atoms with Crippen molar-refractivity contribution in [2.45, 2.75) is 26.3 Å². The van der Waals surface area contributed by atoms with E-state index in [4.69, 9.17) is 4.74 Å². The minimum atomic E-state index is -0.604. The van der Waals surface area contributed by atoms with Crippen LogP contribution in [-0.2, 0) is 14.3 Å². The van der Waals surface area contributed by atoms with Gasteiger partial charge in [-0.1, -0.05) is 44.2 Å². The zero-order chi connectivity index (χ0) is 15.0. The number of methoxy groups -OCH3 is 1. The molecule has 1 atom stereocenters. The van der Waals surface area contributed by atoms with Crippen LogP contribution in [0.1, 0.15) is 25.8 Å². The molecule has 0 bridgehead atoms. The summed E-state index contributed by atoms with van der Waals surface area (Å²) >= 11 is 0. The minimum absolute atomic E-state index is 0.289. The first-order chi connectivity index (χ1) is 9.52. The van der Waals surface area contributed by atoms with Crippen molar-refractivity contribution in [1.82, 2.24) is 5.32 Å². The zero-order valence-electron chi connectivity index (χ0n) is 12.1. The Kier molecular flexibility index (Phi) is 6.50. The molecule has 0 radical (unpaired) electrons. The number of ether oxygens (including phenoxy) is 1. The SMILES string of the molecule is COC(=O)C(CC(C)C)NC(=O)C=Cc1ccccc1. The van der Waals surface area contributed by atoms with Crippen molar-refractivity contribution in [2.75, 3.05) is 7.11 Å². The molecule has 1 unspecified atom stereocenters. The van der Waals surface area contributed by atoms with Gasteiger partial charge in [0.15, 0.2) is 0 Å². The smallest absolute Gasteiger partial charge is 0.328 e. The molecule has 1 amide bonds. The van der Waals surface area contributed by atoms with Crippen molar-refractivity contribution in [3.8, 4) is 0 Å². The van der Waals surface area contributed by atoms with Crippen LogP contribution in [0.4, 0.5) is 0 Å². The lowest BCUT2D eigenvalue weighted by atomic mass is 10.0. The van der Waals surface area contributed by atoms with E-state index in [0.717, 1.165) is 5.56 Å². The molecule has 0 aliphatic carbocycles. The standard InChI is InChI=1S/C16H21NO3/c1-12(2)11-14(16(19)20-3)17-15(18)10-9-13-7-5-4-6-8-13/h4-10,12,14H,11H2,1-3H3,(H,17,18). The summed E-state index contributed by atoms with van der Waals surface area (Å²) in [6.45, 7) is 3.98. The summed E-state index contributed by atoms with van der Waals surface area (Å²) in [5, 5.41) is 2.67. The number of carbonyl (C=O) groups excluding carboxylic acids is 2. The lowest BCUT2D eigenvalue weighted by Crippen LogP contribution is -2.41. The second kappa shape index (κ2) is 8.15. The first kappa shape index (κ1) is 16.0. The maximum absolute atomic E-state index is 11.8. The number of nitrogens with one attached hydrogen (secondary N) is 1. The van der Waals surface area contributed by atoms with Gasteiger partial charge < -0.3 is 10.1 Å². The van der Waals surface area contributed by atoms with Gasteiger partial charge in [0.25, 0.3) is 0 Å². The zero-order valence-corrected chi connectivity index (χ0v) is 12.1. The van der Waals surface area contributed by atoms with E-state index in [2.05, 4.69) is 5.32 Å². The molecule has 0 saturated heterocycles. The summed E-state index contributed by atoms with van der Waals surface area (Å²) in [5.74, 6) is -0.428. The molecule has 108 valence electrons. The Labute approximate surface area is 119 Å². The summed E-state index contributed by atoms with van der Waals surface area (Å²) in [6.07, 6.45) is 3.68. The normalized spacial score (nSPS) is 12.4. The summed E-state index contributed by atoms with van der Waals surface area (Å²) in [4.78, 5) is 23.4. The van der Waals surface area contributed by atoms with E-state index >= 15 is 0 Å². The molecule has 4 heteroatoms. The molecule has 0 spiro atoms. The molecular weight excluding hydrogens is 254 g/mol. The fraction of sp³-hybridized carbons (Fsp3) is 0.375. The lowest BCUT2D eigenvalue weighted by Gasteiger charge is -2.17. The molecule has 1 N–H and O–H groups in total. The molecule has 4 nitrogen and oxygen atoms in total. The highest BCUT2D eigenvalue weighted by Crippen LogP contribution is 2.07. The lowest BCUT2D eigenvalue weighted by molar-refractivity contribution is -0.145. The Morgan fingerprint density at radius 3 is 2.45 bits per heavy atom. The molecule has 0 heterocycles. The van der Waals surface area contributed by atoms with Crippen LogP contribution in [-0.4, -0.2) is 25.0 Å². The third-order valence-corrected chi connectivity index (χ3v) is 2.74. The van der Waals surface area contributed by atoms with Gasteiger partial charge in [-0.3, -0.25) is 4.79 Å². The van der Waals surface area contributed by atoms with Crippen LogP contribution in [0.5, 0.6) is 0 Å². The molecule has 1 aromatic carbocycles. The third kappa shape index (κ3) is 5.69. The van der Waals surface area contributed by atoms with Crippen LogP contribution in [0.2, 0.25) is 0 Å². The maximum Gasteiger partial charge on any atom is 0.328 e. The van der Waals surface area contributed by atoms with Crippen LogP contribution >= 0.6 is 0 Å². The van der Waals surface area contributed by atoms with E-state index < -0.39 is 12.0 Å². The highest BCUT2D eigenvalue weighted by Gasteiger charge is 2.21. The Balaban J connectivity index is 2.62. The molecule has 0 saturated carbocycles. The molecule has 0 aromatic heterocycles. The van der Waals surface area contributed by atoms with Gasteiger partial charge in [0.2, 0.25) is 5.91 Å². The van der Waals surface area contributed by atoms with Gasteiger partial charge in [0, 0.05) is 6.08 Å². The van der Waals surface area contributed by atoms with E-state index in [9.17, 15) is 9.59 Å². The highest BCUT2D eigenvalue weighted by molar-refractivity contribution is 5.94. The minimum Gasteiger partial charge on any atom is -0.467 e. The Hall–Kier alpha value is -2.10. The Morgan fingerprint density at radius 2 is 1.90 bits per heavy atom. The fourth-order valence-electron chi connectivity index (χ4n) is 1.78. The number of benzene rings is 1. The number of amides is 1. The van der Waals surface area contributed by atoms with Crippen molar-refractivity contribution in [3.63, 3.8) is 0 Å². The average molecular weight is 275 g/mol. The topological polar surface area (TPSA) is 55.4 Å². The van der Waals surface area contributed by atoms with Gasteiger partial charge >= 0.3 is 5.97 Å². The molecular formula is C16H21NO3. The highest BCUT2D eigenvalue weighted by atomic mass is 16.5. The quantitative estimate of drug-likeness (QED) is 0.640. The van der Waals surface area contributed by atoms with Crippen molar-refractivity contribution in [1.29, 1.82) is 0 Å². The van der Waals surface area contributed by atoms with Gasteiger partial charge in [0.1, 0.15) is 6.04 Å². The maximum atomic E-state index is 11.8. The molecule has 0 aliphatic heterocycles. The molecule has 0 fully saturated rings. The van der Waals surface area contributed by atoms with Crippen LogP contribution in [0.15, 0.2) is 36.4 Å². The molecule has 1 rings (SSSR count). The Morgan fingerprint density at radius 1 is 1.25 bits per heavy atom. The largest absolute Gasteiger partial charge is 0.467 e. The average Bonchev–Trinajstić information content (AvgIpc) is 2.44. The van der Waals surface area contributed by atoms with Crippen molar-refractivity contribution >= 4 is 18.0 Å². The number of rotatable bonds is 6. The van der Waals surface area contributed by atoms with Gasteiger partial charge in [-0.25, -0.2) is 4.79 Å². The van der Waals surface area contributed by atoms with Crippen LogP contribution in [0.25, 0.3) is 6.08 Å². The predicted molar refractivity (Wildman–Crippen MR) is 78.9 cm³/mol. The number of hydrogen-bond donors (Lipinski definition) is 1. The first-order valence-electron chi connectivity index (χ1n) is 6.64. The van der Waals surface area contributed by atoms with Crippen molar-refractivity contribution in [3.05, 3.63) is 42.0 Å². The van der Waals surface area contributed by atoms with E-state index in [0.29, 0.717) is 6.42 Å². The van der Waals surface area contributed by atoms with Crippen LogP contribution in [0, 0.1) is 5.92 Å². The van der Waals surface area contributed by atoms with E-state index in [1.54, 1.807) is 6.08 Å². The first-order valence-corrected chi connectivity index (χ1v) is 6.64. The van der Waals surface area contributed by atoms with E-state index in [1.807, 2.05) is 44.2 Å². The fourth-order valence-corrected chi connectivity index (χ4v) is 1.78. The predicted octanol–water partition coefficient (Wildman–Crippen LogP) is 2.40. The van der Waals surface area contributed by atoms with Crippen LogP contribution < -0.4 is 5.32 Å². The number of carbonyl (C=O) groups is 2. The van der Waals surface area contributed by atoms with Gasteiger partial charge in [-0.2, -0.15) is 0 Å². The van der Waals surface area contributed by atoms with Gasteiger partial charge in [-0.05, 0) is 24.0 Å². The molecule has 1 aromatic rings. The van der Waals surface area contributed by atoms with Crippen molar-refractivity contribution < 1.29 is 14.3 Å². The van der Waals surface area contributed by atoms with Gasteiger partial charge in [-0.15, -0.1) is 0 Å². The number of hydrogen-bond acceptors (Lipinski definition) is 3. The third-order valence-electron chi connectivity index (χ3n) is 2.74. The van der Waals surface area contributed by atoms with E-state index in [1.165, 1.54) is 13.2 Å². The number of esters is 1. The van der Waals surface area contributed by atoms with Gasteiger partial charge in [0.05, 0.1) is 7.11 Å². The monoisotopic (exact) mass is 275 g/mol. The molecule has 20 heavy (non-hydrogen) atoms. The van der Waals surface area contributed by atoms with Crippen LogP contribution in [0.3, 0.4) is 0 Å². The second-order valence-electron chi connectivity index (χ2n) is 4.96. The van der Waals surface area contributed by atoms with E-state index in [-0.39, 0.29) is 11.8 Å². The summed E-state index contributed by atoms with van der Waals surface area (Å²) < 4.78 is 4.70. The summed E-state index contributed by atoms with van der Waals surface area (Å²) in [7, 11) is 1.32. The molecule has 0 aliphatic rings. The summed E-state index contributed by atoms with van der Waals surface area (Å²) in [6, 6.07) is 8.90.